The molecule has 23 heavy (non-hydrogen) atoms. The quantitative estimate of drug-likeness (QED) is 0.818. The summed E-state index contributed by atoms with van der Waals surface area (Å²) >= 11 is 0. The van der Waals surface area contributed by atoms with Gasteiger partial charge in [0.15, 0.2) is 0 Å². The summed E-state index contributed by atoms with van der Waals surface area (Å²) in [5.41, 5.74) is -0.539. The zero-order valence-corrected chi connectivity index (χ0v) is 15.1. The first-order valence-corrected chi connectivity index (χ1v) is 9.58. The van der Waals surface area contributed by atoms with Crippen LogP contribution in [0.1, 0.15) is 40.5 Å². The van der Waals surface area contributed by atoms with E-state index in [1.165, 1.54) is 0 Å². The zero-order valence-electron chi connectivity index (χ0n) is 14.3. The molecule has 1 N–H and O–H groups in total. The Bertz CT molecular complexity index is 540. The molecule has 1 saturated heterocycles. The minimum absolute atomic E-state index is 0.0212. The van der Waals surface area contributed by atoms with Crippen LogP contribution in [-0.2, 0) is 14.8 Å². The molecule has 1 heterocycles. The largest absolute Gasteiger partial charge is 0.444 e. The highest BCUT2D eigenvalue weighted by molar-refractivity contribution is 7.89. The molecule has 7 nitrogen and oxygen atoms in total. The van der Waals surface area contributed by atoms with Crippen molar-refractivity contribution < 1.29 is 17.9 Å². The van der Waals surface area contributed by atoms with Crippen LogP contribution in [0.4, 0.5) is 4.79 Å². The van der Waals surface area contributed by atoms with Crippen LogP contribution in [0, 0.1) is 23.2 Å². The minimum atomic E-state index is -3.42. The molecule has 0 aromatic rings. The van der Waals surface area contributed by atoms with Crippen LogP contribution in [0.3, 0.4) is 0 Å². The Balaban J connectivity index is 2.57. The summed E-state index contributed by atoms with van der Waals surface area (Å²) in [6.07, 6.45) is 0.864. The summed E-state index contributed by atoms with van der Waals surface area (Å²) in [7, 11) is -3.42. The molecule has 1 aliphatic rings. The average Bonchev–Trinajstić information content (AvgIpc) is 2.43. The molecule has 1 fully saturated rings. The van der Waals surface area contributed by atoms with Crippen molar-refractivity contribution in [2.75, 3.05) is 25.4 Å². The fourth-order valence-corrected chi connectivity index (χ4v) is 3.98. The maximum absolute atomic E-state index is 12.0. The highest BCUT2D eigenvalue weighted by atomic mass is 32.2. The number of hydrogen-bond donors (Lipinski definition) is 1. The Morgan fingerprint density at radius 3 is 2.39 bits per heavy atom. The van der Waals surface area contributed by atoms with Crippen molar-refractivity contribution in [3.05, 3.63) is 0 Å². The van der Waals surface area contributed by atoms with E-state index >= 15 is 0 Å². The van der Waals surface area contributed by atoms with Crippen molar-refractivity contribution in [1.82, 2.24) is 9.62 Å². The van der Waals surface area contributed by atoms with E-state index in [9.17, 15) is 18.5 Å². The van der Waals surface area contributed by atoms with E-state index in [4.69, 9.17) is 4.74 Å². The summed E-state index contributed by atoms with van der Waals surface area (Å²) in [6, 6.07) is 2.11. The first kappa shape index (κ1) is 19.7. The first-order chi connectivity index (χ1) is 10.6. The Kier molecular flexibility index (Phi) is 6.84. The van der Waals surface area contributed by atoms with Crippen molar-refractivity contribution in [1.29, 1.82) is 5.26 Å². The van der Waals surface area contributed by atoms with Gasteiger partial charge in [-0.2, -0.15) is 5.26 Å². The SMILES string of the molecule is CCNS(=O)(=O)CC(C#N)C1CCN(C(=O)OC(C)(C)C)CC1. The lowest BCUT2D eigenvalue weighted by Crippen LogP contribution is -2.43. The van der Waals surface area contributed by atoms with Crippen molar-refractivity contribution in [3.8, 4) is 6.07 Å². The second kappa shape index (κ2) is 7.97. The van der Waals surface area contributed by atoms with E-state index in [0.29, 0.717) is 32.5 Å². The maximum Gasteiger partial charge on any atom is 0.410 e. The number of rotatable bonds is 5. The molecule has 1 atom stereocenters. The second-order valence-corrected chi connectivity index (χ2v) is 8.67. The lowest BCUT2D eigenvalue weighted by molar-refractivity contribution is 0.0173. The van der Waals surface area contributed by atoms with Gasteiger partial charge in [-0.15, -0.1) is 0 Å². The number of hydrogen-bond acceptors (Lipinski definition) is 5. The van der Waals surface area contributed by atoms with Crippen molar-refractivity contribution >= 4 is 16.1 Å². The maximum atomic E-state index is 12.0. The van der Waals surface area contributed by atoms with Crippen molar-refractivity contribution in [2.24, 2.45) is 11.8 Å². The monoisotopic (exact) mass is 345 g/mol. The third kappa shape index (κ3) is 6.75. The Morgan fingerprint density at radius 1 is 1.39 bits per heavy atom. The fourth-order valence-electron chi connectivity index (χ4n) is 2.60. The van der Waals surface area contributed by atoms with Gasteiger partial charge in [-0.1, -0.05) is 6.92 Å². The van der Waals surface area contributed by atoms with E-state index in [1.807, 2.05) is 20.8 Å². The third-order valence-electron chi connectivity index (χ3n) is 3.69. The molecule has 0 radical (unpaired) electrons. The number of ether oxygens (including phenoxy) is 1. The van der Waals surface area contributed by atoms with Gasteiger partial charge in [0.05, 0.1) is 17.7 Å². The van der Waals surface area contributed by atoms with Gasteiger partial charge in [-0.05, 0) is 39.5 Å². The second-order valence-electron chi connectivity index (χ2n) is 6.82. The third-order valence-corrected chi connectivity index (χ3v) is 5.22. The van der Waals surface area contributed by atoms with Gasteiger partial charge in [-0.25, -0.2) is 17.9 Å². The Labute approximate surface area is 139 Å². The van der Waals surface area contributed by atoms with Crippen molar-refractivity contribution in [2.45, 2.75) is 46.1 Å². The number of amides is 1. The number of sulfonamides is 1. The van der Waals surface area contributed by atoms with Crippen molar-refractivity contribution in [3.63, 3.8) is 0 Å². The fraction of sp³-hybridized carbons (Fsp3) is 0.867. The molecule has 1 unspecified atom stereocenters. The summed E-state index contributed by atoms with van der Waals surface area (Å²) < 4.78 is 31.4. The predicted molar refractivity (Wildman–Crippen MR) is 87.1 cm³/mol. The summed E-state index contributed by atoms with van der Waals surface area (Å²) in [4.78, 5) is 13.6. The molecule has 1 rings (SSSR count). The van der Waals surface area contributed by atoms with Gasteiger partial charge < -0.3 is 9.64 Å². The van der Waals surface area contributed by atoms with Gasteiger partial charge in [-0.3, -0.25) is 0 Å². The molecule has 0 spiro atoms. The van der Waals surface area contributed by atoms with Gasteiger partial charge in [0, 0.05) is 19.6 Å². The van der Waals surface area contributed by atoms with E-state index < -0.39 is 21.5 Å². The van der Waals surface area contributed by atoms with Crippen LogP contribution in [0.15, 0.2) is 0 Å². The van der Waals surface area contributed by atoms with E-state index in [2.05, 4.69) is 10.8 Å². The Morgan fingerprint density at radius 2 is 1.96 bits per heavy atom. The topological polar surface area (TPSA) is 99.5 Å². The van der Waals surface area contributed by atoms with Crippen LogP contribution < -0.4 is 4.72 Å². The number of carbonyl (C=O) groups is 1. The molecule has 0 aromatic heterocycles. The number of piperidine rings is 1. The lowest BCUT2D eigenvalue weighted by Gasteiger charge is -2.34. The summed E-state index contributed by atoms with van der Waals surface area (Å²) in [5, 5.41) is 9.29. The van der Waals surface area contributed by atoms with Crippen LogP contribution in [0.25, 0.3) is 0 Å². The predicted octanol–water partition coefficient (Wildman–Crippen LogP) is 1.71. The molecule has 8 heteroatoms. The molecule has 0 saturated carbocycles. The van der Waals surface area contributed by atoms with E-state index in [-0.39, 0.29) is 17.8 Å². The number of nitriles is 1. The van der Waals surface area contributed by atoms with E-state index in [1.54, 1.807) is 11.8 Å². The van der Waals surface area contributed by atoms with Gasteiger partial charge >= 0.3 is 6.09 Å². The number of nitrogens with zero attached hydrogens (tertiary/aromatic N) is 2. The molecule has 1 amide bonds. The molecule has 0 aromatic carbocycles. The van der Waals surface area contributed by atoms with Gasteiger partial charge in [0.1, 0.15) is 5.60 Å². The zero-order chi connectivity index (χ0) is 17.7. The van der Waals surface area contributed by atoms with E-state index in [0.717, 1.165) is 0 Å². The molecule has 132 valence electrons. The van der Waals surface area contributed by atoms with Gasteiger partial charge in [0.25, 0.3) is 0 Å². The standard InChI is InChI=1S/C15H27N3O4S/c1-5-17-23(20,21)11-13(10-16)12-6-8-18(9-7-12)14(19)22-15(2,3)4/h12-13,17H,5-9,11H2,1-4H3. The van der Waals surface area contributed by atoms with Crippen LogP contribution in [-0.4, -0.2) is 50.4 Å². The van der Waals surface area contributed by atoms with Gasteiger partial charge in [0.2, 0.25) is 10.0 Å². The van der Waals surface area contributed by atoms with Crippen LogP contribution in [0.5, 0.6) is 0 Å². The first-order valence-electron chi connectivity index (χ1n) is 7.93. The summed E-state index contributed by atoms with van der Waals surface area (Å²) in [6.45, 7) is 8.44. The smallest absolute Gasteiger partial charge is 0.410 e. The minimum Gasteiger partial charge on any atom is -0.444 e. The molecule has 1 aliphatic heterocycles. The summed E-state index contributed by atoms with van der Waals surface area (Å²) in [5.74, 6) is -0.763. The molecular formula is C15H27N3O4S. The normalized spacial score (nSPS) is 18.3. The van der Waals surface area contributed by atoms with Crippen LogP contribution in [0.2, 0.25) is 0 Å². The highest BCUT2D eigenvalue weighted by Gasteiger charge is 2.32. The Hall–Kier alpha value is -1.33. The molecule has 0 aliphatic carbocycles. The number of nitrogens with one attached hydrogen (secondary N) is 1. The molecule has 0 bridgehead atoms. The number of carbonyl (C=O) groups excluding carboxylic acids is 1. The highest BCUT2D eigenvalue weighted by Crippen LogP contribution is 2.26. The lowest BCUT2D eigenvalue weighted by atomic mass is 9.86. The molecular weight excluding hydrogens is 318 g/mol. The average molecular weight is 345 g/mol. The van der Waals surface area contributed by atoms with Crippen LogP contribution >= 0.6 is 0 Å². The number of likely N-dealkylation sites (tertiary alicyclic amines) is 1.